The van der Waals surface area contributed by atoms with Crippen molar-refractivity contribution >= 4 is 5.91 Å². The Kier molecular flexibility index (Phi) is 5.28. The molecule has 2 aromatic rings. The fraction of sp³-hybridized carbons (Fsp3) is 0.353. The number of nitrogens with zero attached hydrogens (tertiary/aromatic N) is 2. The van der Waals surface area contributed by atoms with Gasteiger partial charge in [-0.25, -0.2) is 4.79 Å². The summed E-state index contributed by atoms with van der Waals surface area (Å²) in [4.78, 5) is 32.5. The lowest BCUT2D eigenvalue weighted by Gasteiger charge is -2.11. The zero-order valence-corrected chi connectivity index (χ0v) is 13.9. The Morgan fingerprint density at radius 3 is 2.70 bits per heavy atom. The van der Waals surface area contributed by atoms with Gasteiger partial charge in [-0.15, -0.1) is 0 Å². The maximum atomic E-state index is 12.2. The fourth-order valence-corrected chi connectivity index (χ4v) is 2.22. The molecule has 0 atom stereocenters. The van der Waals surface area contributed by atoms with Gasteiger partial charge in [-0.1, -0.05) is 17.7 Å². The van der Waals surface area contributed by atoms with Crippen LogP contribution in [0.4, 0.5) is 0 Å². The molecule has 6 nitrogen and oxygen atoms in total. The lowest BCUT2D eigenvalue weighted by molar-refractivity contribution is 0.0945. The van der Waals surface area contributed by atoms with E-state index >= 15 is 0 Å². The van der Waals surface area contributed by atoms with Crippen LogP contribution >= 0.6 is 0 Å². The van der Waals surface area contributed by atoms with Gasteiger partial charge in [-0.3, -0.25) is 4.79 Å². The summed E-state index contributed by atoms with van der Waals surface area (Å²) in [6, 6.07) is 7.56. The molecule has 23 heavy (non-hydrogen) atoms. The fourth-order valence-electron chi connectivity index (χ4n) is 2.22. The number of H-pyrrole nitrogens is 1. The average Bonchev–Trinajstić information content (AvgIpc) is 2.48. The number of hydrogen-bond donors (Lipinski definition) is 2. The van der Waals surface area contributed by atoms with Gasteiger partial charge < -0.3 is 15.2 Å². The Labute approximate surface area is 135 Å². The van der Waals surface area contributed by atoms with Crippen LogP contribution in [0.15, 0.2) is 29.1 Å². The van der Waals surface area contributed by atoms with Gasteiger partial charge in [0.1, 0.15) is 5.69 Å². The van der Waals surface area contributed by atoms with E-state index < -0.39 is 5.69 Å². The summed E-state index contributed by atoms with van der Waals surface area (Å²) in [5.74, 6) is -0.307. The number of aromatic amines is 1. The minimum absolute atomic E-state index is 0.222. The van der Waals surface area contributed by atoms with Crippen molar-refractivity contribution in [2.24, 2.45) is 0 Å². The van der Waals surface area contributed by atoms with E-state index in [0.717, 1.165) is 23.2 Å². The molecule has 1 amide bonds. The van der Waals surface area contributed by atoms with Crippen molar-refractivity contribution in [2.45, 2.75) is 13.8 Å². The minimum atomic E-state index is -0.527. The Hall–Kier alpha value is -2.47. The zero-order valence-electron chi connectivity index (χ0n) is 13.9. The number of carbonyl (C=O) groups excluding carboxylic acids is 1. The first-order valence-corrected chi connectivity index (χ1v) is 7.49. The topological polar surface area (TPSA) is 78.1 Å². The van der Waals surface area contributed by atoms with Crippen LogP contribution < -0.4 is 11.0 Å². The van der Waals surface area contributed by atoms with E-state index in [1.807, 2.05) is 51.0 Å². The zero-order chi connectivity index (χ0) is 17.0. The molecule has 0 aliphatic carbocycles. The summed E-state index contributed by atoms with van der Waals surface area (Å²) < 4.78 is 0. The Bertz CT molecular complexity index is 765. The number of carbonyl (C=O) groups is 1. The van der Waals surface area contributed by atoms with Crippen molar-refractivity contribution in [1.29, 1.82) is 0 Å². The van der Waals surface area contributed by atoms with Gasteiger partial charge >= 0.3 is 5.69 Å². The molecule has 0 aliphatic rings. The summed E-state index contributed by atoms with van der Waals surface area (Å²) >= 11 is 0. The quantitative estimate of drug-likeness (QED) is 0.873. The van der Waals surface area contributed by atoms with Crippen LogP contribution in [0.25, 0.3) is 11.3 Å². The van der Waals surface area contributed by atoms with Crippen LogP contribution in [0.2, 0.25) is 0 Å². The maximum Gasteiger partial charge on any atom is 0.346 e. The summed E-state index contributed by atoms with van der Waals surface area (Å²) in [5, 5.41) is 2.78. The third-order valence-corrected chi connectivity index (χ3v) is 3.50. The van der Waals surface area contributed by atoms with Crippen LogP contribution in [0.5, 0.6) is 0 Å². The van der Waals surface area contributed by atoms with E-state index in [1.54, 1.807) is 6.07 Å². The number of aryl methyl sites for hydroxylation is 2. The average molecular weight is 314 g/mol. The highest BCUT2D eigenvalue weighted by Gasteiger charge is 2.12. The lowest BCUT2D eigenvalue weighted by atomic mass is 10.0. The third kappa shape index (κ3) is 4.50. The van der Waals surface area contributed by atoms with E-state index in [1.165, 1.54) is 0 Å². The molecule has 2 N–H and O–H groups in total. The predicted molar refractivity (Wildman–Crippen MR) is 90.7 cm³/mol. The maximum absolute atomic E-state index is 12.2. The second-order valence-corrected chi connectivity index (χ2v) is 5.86. The molecule has 0 saturated carbocycles. The smallest absolute Gasteiger partial charge is 0.346 e. The number of rotatable bonds is 5. The second kappa shape index (κ2) is 7.19. The number of amides is 1. The van der Waals surface area contributed by atoms with Crippen molar-refractivity contribution in [3.63, 3.8) is 0 Å². The van der Waals surface area contributed by atoms with Gasteiger partial charge in [0.25, 0.3) is 5.91 Å². The van der Waals surface area contributed by atoms with E-state index in [2.05, 4.69) is 15.3 Å². The molecule has 0 aliphatic heterocycles. The molecule has 0 radical (unpaired) electrons. The molecule has 0 bridgehead atoms. The van der Waals surface area contributed by atoms with Gasteiger partial charge in [-0.05, 0) is 45.6 Å². The first kappa shape index (κ1) is 16.9. The molecule has 0 spiro atoms. The molecule has 6 heteroatoms. The van der Waals surface area contributed by atoms with Crippen molar-refractivity contribution in [3.8, 4) is 11.3 Å². The van der Waals surface area contributed by atoms with Gasteiger partial charge in [0, 0.05) is 18.7 Å². The highest BCUT2D eigenvalue weighted by Crippen LogP contribution is 2.22. The minimum Gasteiger partial charge on any atom is -0.349 e. The SMILES string of the molecule is Cc1ccc(C)c(-c2cc(C(=O)NCCN(C)C)[nH]c(=O)n2)c1. The van der Waals surface area contributed by atoms with E-state index in [4.69, 9.17) is 0 Å². The number of hydrogen-bond acceptors (Lipinski definition) is 4. The van der Waals surface area contributed by atoms with E-state index in [-0.39, 0.29) is 11.6 Å². The van der Waals surface area contributed by atoms with Crippen molar-refractivity contribution in [3.05, 3.63) is 51.6 Å². The van der Waals surface area contributed by atoms with Gasteiger partial charge in [-0.2, -0.15) is 4.98 Å². The van der Waals surface area contributed by atoms with Gasteiger partial charge in [0.05, 0.1) is 5.69 Å². The van der Waals surface area contributed by atoms with Crippen LogP contribution in [0, 0.1) is 13.8 Å². The molecule has 1 aromatic carbocycles. The molecule has 0 saturated heterocycles. The molecule has 0 unspecified atom stereocenters. The molecule has 1 aromatic heterocycles. The Balaban J connectivity index is 2.30. The van der Waals surface area contributed by atoms with Crippen LogP contribution in [0.3, 0.4) is 0 Å². The molecule has 122 valence electrons. The van der Waals surface area contributed by atoms with E-state index in [0.29, 0.717) is 12.2 Å². The Morgan fingerprint density at radius 1 is 1.26 bits per heavy atom. The summed E-state index contributed by atoms with van der Waals surface area (Å²) in [6.07, 6.45) is 0. The van der Waals surface area contributed by atoms with Crippen molar-refractivity contribution < 1.29 is 4.79 Å². The first-order chi connectivity index (χ1) is 10.9. The molecule has 2 rings (SSSR count). The van der Waals surface area contributed by atoms with Gasteiger partial charge in [0.2, 0.25) is 0 Å². The summed E-state index contributed by atoms with van der Waals surface area (Å²) in [6.45, 7) is 5.17. The summed E-state index contributed by atoms with van der Waals surface area (Å²) in [7, 11) is 3.86. The molecular weight excluding hydrogens is 292 g/mol. The first-order valence-electron chi connectivity index (χ1n) is 7.49. The highest BCUT2D eigenvalue weighted by atomic mass is 16.2. The normalized spacial score (nSPS) is 10.8. The molecule has 0 fully saturated rings. The molecular formula is C17H22N4O2. The van der Waals surface area contributed by atoms with Crippen molar-refractivity contribution in [1.82, 2.24) is 20.2 Å². The van der Waals surface area contributed by atoms with E-state index in [9.17, 15) is 9.59 Å². The largest absolute Gasteiger partial charge is 0.349 e. The third-order valence-electron chi connectivity index (χ3n) is 3.50. The standard InChI is InChI=1S/C17H22N4O2/c1-11-5-6-12(2)13(9-11)14-10-15(20-17(23)19-14)16(22)18-7-8-21(3)4/h5-6,9-10H,7-8H2,1-4H3,(H,18,22)(H,19,20,23). The predicted octanol–water partition coefficient (Wildman–Crippen LogP) is 1.35. The number of nitrogens with one attached hydrogen (secondary N) is 2. The number of aromatic nitrogens is 2. The number of benzene rings is 1. The number of likely N-dealkylation sites (N-methyl/N-ethyl adjacent to an activating group) is 1. The van der Waals surface area contributed by atoms with Crippen LogP contribution in [-0.2, 0) is 0 Å². The van der Waals surface area contributed by atoms with Crippen molar-refractivity contribution in [2.75, 3.05) is 27.2 Å². The Morgan fingerprint density at radius 2 is 2.00 bits per heavy atom. The molecule has 1 heterocycles. The van der Waals surface area contributed by atoms with Crippen LogP contribution in [-0.4, -0.2) is 48.0 Å². The second-order valence-electron chi connectivity index (χ2n) is 5.86. The van der Waals surface area contributed by atoms with Crippen LogP contribution in [0.1, 0.15) is 21.6 Å². The van der Waals surface area contributed by atoms with Gasteiger partial charge in [0.15, 0.2) is 0 Å². The lowest BCUT2D eigenvalue weighted by Crippen LogP contribution is -2.33. The summed E-state index contributed by atoms with van der Waals surface area (Å²) in [5.41, 5.74) is 3.14. The highest BCUT2D eigenvalue weighted by molar-refractivity contribution is 5.93. The monoisotopic (exact) mass is 314 g/mol.